The zero-order valence-electron chi connectivity index (χ0n) is 11.1. The number of nitrogens with zero attached hydrogens (tertiary/aromatic N) is 3. The summed E-state index contributed by atoms with van der Waals surface area (Å²) in [5, 5.41) is 0. The van der Waals surface area contributed by atoms with Crippen molar-refractivity contribution < 1.29 is 4.79 Å². The summed E-state index contributed by atoms with van der Waals surface area (Å²) < 4.78 is 0. The molecule has 0 spiro atoms. The van der Waals surface area contributed by atoms with Crippen molar-refractivity contribution in [3.05, 3.63) is 22.8 Å². The highest BCUT2D eigenvalue weighted by Gasteiger charge is 2.31. The zero-order chi connectivity index (χ0) is 12.7. The topological polar surface area (TPSA) is 46.1 Å². The second kappa shape index (κ2) is 4.09. The van der Waals surface area contributed by atoms with E-state index >= 15 is 0 Å². The van der Waals surface area contributed by atoms with Crippen molar-refractivity contribution in [2.45, 2.75) is 46.1 Å². The molecule has 4 nitrogen and oxygen atoms in total. The van der Waals surface area contributed by atoms with Gasteiger partial charge in [0.25, 0.3) is 5.91 Å². The number of carbonyl (C=O) groups is 1. The number of likely N-dealkylation sites (N-methyl/N-ethyl adjacent to an activating group) is 1. The Balaban J connectivity index is 2.64. The highest BCUT2D eigenvalue weighted by molar-refractivity contribution is 5.97. The molecule has 0 fully saturated rings. The average molecular weight is 233 g/mol. The Labute approximate surface area is 102 Å². The largest absolute Gasteiger partial charge is 0.338 e. The molecule has 17 heavy (non-hydrogen) atoms. The van der Waals surface area contributed by atoms with Gasteiger partial charge in [-0.3, -0.25) is 4.79 Å². The molecule has 0 N–H and O–H groups in total. The predicted molar refractivity (Wildman–Crippen MR) is 66.1 cm³/mol. The average Bonchev–Trinajstić information content (AvgIpc) is 2.24. The summed E-state index contributed by atoms with van der Waals surface area (Å²) in [4.78, 5) is 23.0. The van der Waals surface area contributed by atoms with Crippen LogP contribution in [0.3, 0.4) is 0 Å². The molecule has 1 unspecified atom stereocenters. The quantitative estimate of drug-likeness (QED) is 0.744. The number of amides is 1. The van der Waals surface area contributed by atoms with E-state index in [1.807, 2.05) is 20.9 Å². The van der Waals surface area contributed by atoms with Gasteiger partial charge in [-0.05, 0) is 19.8 Å². The summed E-state index contributed by atoms with van der Waals surface area (Å²) in [5.41, 5.74) is 2.53. The van der Waals surface area contributed by atoms with Crippen LogP contribution in [0.4, 0.5) is 0 Å². The minimum Gasteiger partial charge on any atom is -0.338 e. The van der Waals surface area contributed by atoms with Crippen LogP contribution >= 0.6 is 0 Å². The maximum absolute atomic E-state index is 12.3. The van der Waals surface area contributed by atoms with Crippen LogP contribution in [0.1, 0.15) is 54.3 Å². The third kappa shape index (κ3) is 1.92. The molecule has 0 aromatic carbocycles. The fourth-order valence-corrected chi connectivity index (χ4v) is 2.25. The molecule has 1 aliphatic rings. The van der Waals surface area contributed by atoms with E-state index in [0.29, 0.717) is 0 Å². The molecule has 0 radical (unpaired) electrons. The lowest BCUT2D eigenvalue weighted by Gasteiger charge is -2.32. The normalized spacial score (nSPS) is 19.8. The Kier molecular flexibility index (Phi) is 2.89. The van der Waals surface area contributed by atoms with Crippen molar-refractivity contribution in [1.29, 1.82) is 0 Å². The van der Waals surface area contributed by atoms with E-state index in [1.54, 1.807) is 4.90 Å². The van der Waals surface area contributed by atoms with E-state index in [2.05, 4.69) is 23.8 Å². The number of aryl methyl sites for hydroxylation is 1. The Bertz CT molecular complexity index is 468. The second-order valence-corrected chi connectivity index (χ2v) is 5.10. The van der Waals surface area contributed by atoms with Crippen molar-refractivity contribution in [3.8, 4) is 0 Å². The fourth-order valence-electron chi connectivity index (χ4n) is 2.25. The molecule has 1 atom stereocenters. The number of hydrogen-bond acceptors (Lipinski definition) is 3. The van der Waals surface area contributed by atoms with Crippen LogP contribution in [-0.2, 0) is 6.42 Å². The maximum atomic E-state index is 12.3. The maximum Gasteiger partial charge on any atom is 0.257 e. The first-order chi connectivity index (χ1) is 7.91. The predicted octanol–water partition coefficient (Wildman–Crippen LogP) is 1.93. The summed E-state index contributed by atoms with van der Waals surface area (Å²) in [6, 6.07) is 0.212. The summed E-state index contributed by atoms with van der Waals surface area (Å²) in [6.45, 7) is 8.06. The van der Waals surface area contributed by atoms with Crippen molar-refractivity contribution in [2.24, 2.45) is 0 Å². The van der Waals surface area contributed by atoms with Gasteiger partial charge in [0.1, 0.15) is 5.82 Å². The Morgan fingerprint density at radius 3 is 2.59 bits per heavy atom. The van der Waals surface area contributed by atoms with Crippen LogP contribution in [0.15, 0.2) is 0 Å². The summed E-state index contributed by atoms with van der Waals surface area (Å²) >= 11 is 0. The monoisotopic (exact) mass is 233 g/mol. The Hall–Kier alpha value is -1.45. The van der Waals surface area contributed by atoms with Crippen molar-refractivity contribution >= 4 is 5.91 Å². The van der Waals surface area contributed by atoms with Gasteiger partial charge >= 0.3 is 0 Å². The van der Waals surface area contributed by atoms with Crippen LogP contribution in [0.5, 0.6) is 0 Å². The first-order valence-electron chi connectivity index (χ1n) is 6.06. The number of hydrogen-bond donors (Lipinski definition) is 0. The number of fused-ring (bicyclic) bond motifs is 1. The summed E-state index contributed by atoms with van der Waals surface area (Å²) in [5.74, 6) is 1.07. The molecule has 0 bridgehead atoms. The van der Waals surface area contributed by atoms with Gasteiger partial charge in [0, 0.05) is 19.5 Å². The van der Waals surface area contributed by atoms with E-state index < -0.39 is 0 Å². The zero-order valence-corrected chi connectivity index (χ0v) is 11.1. The van der Waals surface area contributed by atoms with E-state index in [-0.39, 0.29) is 17.9 Å². The molecule has 0 saturated carbocycles. The first-order valence-corrected chi connectivity index (χ1v) is 6.06. The van der Waals surface area contributed by atoms with E-state index in [4.69, 9.17) is 0 Å². The van der Waals surface area contributed by atoms with Crippen LogP contribution in [0.25, 0.3) is 0 Å². The van der Waals surface area contributed by atoms with Crippen LogP contribution in [0, 0.1) is 6.92 Å². The molecular weight excluding hydrogens is 214 g/mol. The molecule has 1 aromatic heterocycles. The third-order valence-corrected chi connectivity index (χ3v) is 3.35. The summed E-state index contributed by atoms with van der Waals surface area (Å²) in [6.07, 6.45) is 0.820. The first kappa shape index (κ1) is 12.0. The van der Waals surface area contributed by atoms with Gasteiger partial charge in [-0.1, -0.05) is 13.8 Å². The molecule has 0 saturated heterocycles. The van der Waals surface area contributed by atoms with E-state index in [1.165, 1.54) is 0 Å². The van der Waals surface area contributed by atoms with Crippen LogP contribution in [-0.4, -0.2) is 33.9 Å². The van der Waals surface area contributed by atoms with Crippen molar-refractivity contribution in [3.63, 3.8) is 0 Å². The molecule has 2 heterocycles. The SMILES string of the molecule is Cc1nc2c(c(C(C)C)n1)C(=O)N(C)C(C)C2. The molecule has 1 amide bonds. The minimum absolute atomic E-state index is 0.0578. The number of carbonyl (C=O) groups excluding carboxylic acids is 1. The Morgan fingerprint density at radius 2 is 2.00 bits per heavy atom. The third-order valence-electron chi connectivity index (χ3n) is 3.35. The standard InChI is InChI=1S/C13H19N3O/c1-7(2)12-11-10(14-9(4)15-12)6-8(3)16(5)13(11)17/h7-8H,6H2,1-5H3. The highest BCUT2D eigenvalue weighted by Crippen LogP contribution is 2.27. The van der Waals surface area contributed by atoms with E-state index in [0.717, 1.165) is 29.2 Å². The molecule has 2 rings (SSSR count). The molecule has 1 aromatic rings. The second-order valence-electron chi connectivity index (χ2n) is 5.10. The van der Waals surface area contributed by atoms with Gasteiger partial charge < -0.3 is 4.90 Å². The van der Waals surface area contributed by atoms with Gasteiger partial charge in [0.05, 0.1) is 17.0 Å². The Morgan fingerprint density at radius 1 is 1.35 bits per heavy atom. The molecule has 0 aliphatic carbocycles. The van der Waals surface area contributed by atoms with Gasteiger partial charge in [0.15, 0.2) is 0 Å². The van der Waals surface area contributed by atoms with Gasteiger partial charge in [-0.25, -0.2) is 9.97 Å². The lowest BCUT2D eigenvalue weighted by atomic mass is 9.94. The van der Waals surface area contributed by atoms with Crippen LogP contribution < -0.4 is 0 Å². The molecule has 92 valence electrons. The highest BCUT2D eigenvalue weighted by atomic mass is 16.2. The van der Waals surface area contributed by atoms with Gasteiger partial charge in [-0.15, -0.1) is 0 Å². The molecule has 4 heteroatoms. The summed E-state index contributed by atoms with van der Waals surface area (Å²) in [7, 11) is 1.85. The van der Waals surface area contributed by atoms with Gasteiger partial charge in [-0.2, -0.15) is 0 Å². The minimum atomic E-state index is 0.0578. The lowest BCUT2D eigenvalue weighted by Crippen LogP contribution is -2.42. The lowest BCUT2D eigenvalue weighted by molar-refractivity contribution is 0.0715. The smallest absolute Gasteiger partial charge is 0.257 e. The molecular formula is C13H19N3O. The van der Waals surface area contributed by atoms with Crippen molar-refractivity contribution in [2.75, 3.05) is 7.05 Å². The van der Waals surface area contributed by atoms with Gasteiger partial charge in [0.2, 0.25) is 0 Å². The fraction of sp³-hybridized carbons (Fsp3) is 0.615. The van der Waals surface area contributed by atoms with Crippen molar-refractivity contribution in [1.82, 2.24) is 14.9 Å². The number of aromatic nitrogens is 2. The molecule has 1 aliphatic heterocycles. The van der Waals surface area contributed by atoms with Crippen LogP contribution in [0.2, 0.25) is 0 Å². The number of rotatable bonds is 1. The van der Waals surface area contributed by atoms with E-state index in [9.17, 15) is 4.79 Å².